The molecular weight excluding hydrogens is 460 g/mol. The highest BCUT2D eigenvalue weighted by atomic mass is 32.2. The molecule has 3 aromatic rings. The van der Waals surface area contributed by atoms with Crippen molar-refractivity contribution in [3.63, 3.8) is 0 Å². The Morgan fingerprint density at radius 1 is 0.970 bits per heavy atom. The maximum atomic E-state index is 13.0. The lowest BCUT2D eigenvalue weighted by Crippen LogP contribution is -2.40. The van der Waals surface area contributed by atoms with Gasteiger partial charge >= 0.3 is 0 Å². The first-order valence-corrected chi connectivity index (χ1v) is 13.1. The Bertz CT molecular complexity index is 1210. The van der Waals surface area contributed by atoms with E-state index in [1.165, 1.54) is 23.9 Å². The minimum atomic E-state index is -3.89. The van der Waals surface area contributed by atoms with Gasteiger partial charge in [0, 0.05) is 23.7 Å². The Kier molecular flexibility index (Phi) is 7.22. The number of morpholine rings is 1. The molecule has 0 spiro atoms. The van der Waals surface area contributed by atoms with Crippen LogP contribution in [0.1, 0.15) is 10.4 Å². The normalized spacial score (nSPS) is 14.0. The van der Waals surface area contributed by atoms with Gasteiger partial charge in [0.2, 0.25) is 0 Å². The van der Waals surface area contributed by atoms with Crippen LogP contribution in [0.5, 0.6) is 11.5 Å². The molecule has 3 aromatic carbocycles. The van der Waals surface area contributed by atoms with Gasteiger partial charge in [-0.3, -0.25) is 9.52 Å². The summed E-state index contributed by atoms with van der Waals surface area (Å²) < 4.78 is 39.7. The fourth-order valence-electron chi connectivity index (χ4n) is 3.39. The van der Waals surface area contributed by atoms with Crippen LogP contribution < -0.4 is 9.46 Å². The second-order valence-electron chi connectivity index (χ2n) is 7.31. The van der Waals surface area contributed by atoms with Crippen molar-refractivity contribution < 1.29 is 22.7 Å². The van der Waals surface area contributed by atoms with E-state index in [0.717, 1.165) is 4.90 Å². The van der Waals surface area contributed by atoms with E-state index in [2.05, 4.69) is 4.72 Å². The number of sulfonamides is 1. The van der Waals surface area contributed by atoms with Crippen LogP contribution in [0.2, 0.25) is 0 Å². The molecular formula is C24H24N2O5S2. The van der Waals surface area contributed by atoms with Crippen LogP contribution in [-0.2, 0) is 14.8 Å². The number of amides is 1. The van der Waals surface area contributed by atoms with Crippen molar-refractivity contribution >= 4 is 33.4 Å². The van der Waals surface area contributed by atoms with Crippen LogP contribution >= 0.6 is 11.8 Å². The molecule has 33 heavy (non-hydrogen) atoms. The summed E-state index contributed by atoms with van der Waals surface area (Å²) in [7, 11) is -3.89. The van der Waals surface area contributed by atoms with E-state index in [1.807, 2.05) is 36.6 Å². The lowest BCUT2D eigenvalue weighted by molar-refractivity contribution is 0.0300. The summed E-state index contributed by atoms with van der Waals surface area (Å²) in [6.07, 6.45) is 1.86. The van der Waals surface area contributed by atoms with Crippen LogP contribution in [0.4, 0.5) is 5.69 Å². The van der Waals surface area contributed by atoms with Crippen molar-refractivity contribution in [3.05, 3.63) is 78.4 Å². The Labute approximate surface area is 197 Å². The number of anilines is 1. The first kappa shape index (κ1) is 23.2. The quantitative estimate of drug-likeness (QED) is 0.498. The van der Waals surface area contributed by atoms with Crippen molar-refractivity contribution in [3.8, 4) is 11.5 Å². The molecule has 0 unspecified atom stereocenters. The first-order chi connectivity index (χ1) is 16.0. The average Bonchev–Trinajstić information content (AvgIpc) is 2.85. The number of hydrogen-bond acceptors (Lipinski definition) is 6. The fourth-order valence-corrected chi connectivity index (χ4v) is 5.04. The van der Waals surface area contributed by atoms with Crippen LogP contribution in [0.3, 0.4) is 0 Å². The zero-order valence-corrected chi connectivity index (χ0v) is 19.7. The molecule has 0 aromatic heterocycles. The molecule has 1 aliphatic rings. The van der Waals surface area contributed by atoms with Gasteiger partial charge in [0.25, 0.3) is 15.9 Å². The minimum Gasteiger partial charge on any atom is -0.457 e. The molecule has 0 aliphatic carbocycles. The van der Waals surface area contributed by atoms with Gasteiger partial charge in [-0.1, -0.05) is 18.2 Å². The van der Waals surface area contributed by atoms with Crippen molar-refractivity contribution in [1.29, 1.82) is 0 Å². The third-order valence-electron chi connectivity index (χ3n) is 5.10. The highest BCUT2D eigenvalue weighted by molar-refractivity contribution is 7.98. The van der Waals surface area contributed by atoms with Gasteiger partial charge in [-0.2, -0.15) is 0 Å². The van der Waals surface area contributed by atoms with Crippen molar-refractivity contribution in [2.24, 2.45) is 0 Å². The molecule has 1 fully saturated rings. The molecule has 1 amide bonds. The molecule has 172 valence electrons. The minimum absolute atomic E-state index is 0.0292. The second kappa shape index (κ2) is 10.3. The van der Waals surface area contributed by atoms with E-state index >= 15 is 0 Å². The standard InChI is InChI=1S/C24H24N2O5S2/c1-32-23-12-11-21(17-22(23)24(27)26-13-15-30-16-14-26)33(28,29)25-18-7-9-20(10-8-18)31-19-5-3-2-4-6-19/h2-12,17,25H,13-16H2,1H3. The molecule has 1 N–H and O–H groups in total. The van der Waals surface area contributed by atoms with E-state index in [9.17, 15) is 13.2 Å². The summed E-state index contributed by atoms with van der Waals surface area (Å²) in [5.41, 5.74) is 0.768. The summed E-state index contributed by atoms with van der Waals surface area (Å²) in [4.78, 5) is 15.5. The van der Waals surface area contributed by atoms with Crippen molar-refractivity contribution in [2.75, 3.05) is 37.3 Å². The number of carbonyl (C=O) groups is 1. The van der Waals surface area contributed by atoms with E-state index in [-0.39, 0.29) is 10.8 Å². The van der Waals surface area contributed by atoms with Gasteiger partial charge in [0.05, 0.1) is 23.7 Å². The number of ether oxygens (including phenoxy) is 2. The Morgan fingerprint density at radius 3 is 2.30 bits per heavy atom. The number of carbonyl (C=O) groups excluding carboxylic acids is 1. The number of nitrogens with one attached hydrogen (secondary N) is 1. The average molecular weight is 485 g/mol. The Morgan fingerprint density at radius 2 is 1.64 bits per heavy atom. The largest absolute Gasteiger partial charge is 0.457 e. The second-order valence-corrected chi connectivity index (χ2v) is 9.84. The van der Waals surface area contributed by atoms with Crippen molar-refractivity contribution in [2.45, 2.75) is 9.79 Å². The smallest absolute Gasteiger partial charge is 0.261 e. The molecule has 0 saturated carbocycles. The predicted octanol–water partition coefficient (Wildman–Crippen LogP) is 4.47. The van der Waals surface area contributed by atoms with E-state index in [0.29, 0.717) is 49.1 Å². The molecule has 4 rings (SSSR count). The Hall–Kier alpha value is -3.01. The number of thioether (sulfide) groups is 1. The highest BCUT2D eigenvalue weighted by Crippen LogP contribution is 2.28. The number of para-hydroxylation sites is 1. The molecule has 1 heterocycles. The van der Waals surface area contributed by atoms with Gasteiger partial charge < -0.3 is 14.4 Å². The first-order valence-electron chi connectivity index (χ1n) is 10.4. The van der Waals surface area contributed by atoms with Crippen LogP contribution in [0.15, 0.2) is 82.6 Å². The molecule has 0 atom stereocenters. The third kappa shape index (κ3) is 5.68. The van der Waals surface area contributed by atoms with Gasteiger partial charge in [0.15, 0.2) is 0 Å². The zero-order chi connectivity index (χ0) is 23.3. The summed E-state index contributed by atoms with van der Waals surface area (Å²) in [6.45, 7) is 1.92. The summed E-state index contributed by atoms with van der Waals surface area (Å²) in [6, 6.07) is 20.6. The van der Waals surface area contributed by atoms with E-state index in [1.54, 1.807) is 35.2 Å². The summed E-state index contributed by atoms with van der Waals surface area (Å²) in [5.74, 6) is 1.09. The summed E-state index contributed by atoms with van der Waals surface area (Å²) in [5, 5.41) is 0. The fraction of sp³-hybridized carbons (Fsp3) is 0.208. The van der Waals surface area contributed by atoms with Gasteiger partial charge in [-0.05, 0) is 60.9 Å². The molecule has 7 nitrogen and oxygen atoms in total. The van der Waals surface area contributed by atoms with E-state index in [4.69, 9.17) is 9.47 Å². The van der Waals surface area contributed by atoms with Crippen LogP contribution in [0, 0.1) is 0 Å². The van der Waals surface area contributed by atoms with Gasteiger partial charge in [-0.15, -0.1) is 11.8 Å². The predicted molar refractivity (Wildman–Crippen MR) is 129 cm³/mol. The Balaban J connectivity index is 1.52. The number of benzene rings is 3. The maximum Gasteiger partial charge on any atom is 0.261 e. The van der Waals surface area contributed by atoms with Crippen molar-refractivity contribution in [1.82, 2.24) is 4.90 Å². The van der Waals surface area contributed by atoms with E-state index < -0.39 is 10.0 Å². The lowest BCUT2D eigenvalue weighted by atomic mass is 10.2. The van der Waals surface area contributed by atoms with Crippen LogP contribution in [-0.4, -0.2) is 51.8 Å². The SMILES string of the molecule is CSc1ccc(S(=O)(=O)Nc2ccc(Oc3ccccc3)cc2)cc1C(=O)N1CCOCC1. The number of rotatable bonds is 7. The zero-order valence-electron chi connectivity index (χ0n) is 18.1. The molecule has 1 aliphatic heterocycles. The van der Waals surface area contributed by atoms with Gasteiger partial charge in [-0.25, -0.2) is 8.42 Å². The number of hydrogen-bond donors (Lipinski definition) is 1. The molecule has 0 radical (unpaired) electrons. The molecule has 9 heteroatoms. The van der Waals surface area contributed by atoms with Gasteiger partial charge in [0.1, 0.15) is 11.5 Å². The molecule has 1 saturated heterocycles. The lowest BCUT2D eigenvalue weighted by Gasteiger charge is -2.27. The number of nitrogens with zero attached hydrogens (tertiary/aromatic N) is 1. The third-order valence-corrected chi connectivity index (χ3v) is 7.27. The monoisotopic (exact) mass is 484 g/mol. The van der Waals surface area contributed by atoms with Crippen LogP contribution in [0.25, 0.3) is 0 Å². The topological polar surface area (TPSA) is 84.9 Å². The molecule has 0 bridgehead atoms. The summed E-state index contributed by atoms with van der Waals surface area (Å²) >= 11 is 1.41. The highest BCUT2D eigenvalue weighted by Gasteiger charge is 2.24. The maximum absolute atomic E-state index is 13.0.